The van der Waals surface area contributed by atoms with Crippen LogP contribution in [0.25, 0.3) is 0 Å². The van der Waals surface area contributed by atoms with Crippen LogP contribution in [-0.2, 0) is 0 Å². The SMILES string of the molecule is COc1cc([C@@H](C)N[C@@H]2CCOc3ccccc32)ccc1SC. The molecular formula is C19H23NO2S. The highest BCUT2D eigenvalue weighted by molar-refractivity contribution is 7.98. The van der Waals surface area contributed by atoms with Crippen LogP contribution in [0.3, 0.4) is 0 Å². The largest absolute Gasteiger partial charge is 0.496 e. The first-order valence-electron chi connectivity index (χ1n) is 7.92. The summed E-state index contributed by atoms with van der Waals surface area (Å²) in [5.74, 6) is 1.94. The maximum atomic E-state index is 5.75. The summed E-state index contributed by atoms with van der Waals surface area (Å²) < 4.78 is 11.2. The third kappa shape index (κ3) is 3.48. The number of benzene rings is 2. The van der Waals surface area contributed by atoms with Crippen molar-refractivity contribution in [2.75, 3.05) is 20.0 Å². The third-order valence-corrected chi connectivity index (χ3v) is 5.09. The van der Waals surface area contributed by atoms with Gasteiger partial charge in [0.05, 0.1) is 13.7 Å². The van der Waals surface area contributed by atoms with Gasteiger partial charge in [0.15, 0.2) is 0 Å². The maximum Gasteiger partial charge on any atom is 0.132 e. The molecule has 0 amide bonds. The van der Waals surface area contributed by atoms with Crippen LogP contribution in [0.4, 0.5) is 0 Å². The second-order valence-electron chi connectivity index (χ2n) is 5.73. The molecule has 0 spiro atoms. The summed E-state index contributed by atoms with van der Waals surface area (Å²) in [6, 6.07) is 15.3. The van der Waals surface area contributed by atoms with Crippen molar-refractivity contribution in [1.82, 2.24) is 5.32 Å². The fourth-order valence-electron chi connectivity index (χ4n) is 3.04. The Morgan fingerprint density at radius 1 is 1.26 bits per heavy atom. The van der Waals surface area contributed by atoms with Crippen molar-refractivity contribution < 1.29 is 9.47 Å². The Bertz CT molecular complexity index is 674. The topological polar surface area (TPSA) is 30.5 Å². The summed E-state index contributed by atoms with van der Waals surface area (Å²) >= 11 is 1.70. The van der Waals surface area contributed by atoms with Gasteiger partial charge >= 0.3 is 0 Å². The summed E-state index contributed by atoms with van der Waals surface area (Å²) in [6.45, 7) is 2.96. The van der Waals surface area contributed by atoms with Crippen molar-refractivity contribution in [2.24, 2.45) is 0 Å². The van der Waals surface area contributed by atoms with Crippen LogP contribution < -0.4 is 14.8 Å². The van der Waals surface area contributed by atoms with Crippen LogP contribution in [0.5, 0.6) is 11.5 Å². The van der Waals surface area contributed by atoms with Crippen molar-refractivity contribution in [3.8, 4) is 11.5 Å². The quantitative estimate of drug-likeness (QED) is 0.813. The molecule has 0 radical (unpaired) electrons. The molecule has 0 fully saturated rings. The first-order chi connectivity index (χ1) is 11.2. The molecule has 1 N–H and O–H groups in total. The zero-order valence-electron chi connectivity index (χ0n) is 13.8. The molecule has 23 heavy (non-hydrogen) atoms. The summed E-state index contributed by atoms with van der Waals surface area (Å²) in [7, 11) is 1.73. The van der Waals surface area contributed by atoms with Crippen molar-refractivity contribution in [3.05, 3.63) is 53.6 Å². The van der Waals surface area contributed by atoms with Crippen LogP contribution in [0.15, 0.2) is 47.4 Å². The standard InChI is InChI=1S/C19H23NO2S/c1-13(14-8-9-19(23-3)18(12-14)21-2)20-16-10-11-22-17-7-5-4-6-15(16)17/h4-9,12-13,16,20H,10-11H2,1-3H3/t13-,16-/m1/s1. The zero-order chi connectivity index (χ0) is 16.2. The third-order valence-electron chi connectivity index (χ3n) is 4.32. The van der Waals surface area contributed by atoms with Gasteiger partial charge in [-0.25, -0.2) is 0 Å². The van der Waals surface area contributed by atoms with Crippen LogP contribution >= 0.6 is 11.8 Å². The highest BCUT2D eigenvalue weighted by atomic mass is 32.2. The van der Waals surface area contributed by atoms with Crippen molar-refractivity contribution in [3.63, 3.8) is 0 Å². The van der Waals surface area contributed by atoms with E-state index in [1.807, 2.05) is 12.1 Å². The first-order valence-corrected chi connectivity index (χ1v) is 9.15. The summed E-state index contributed by atoms with van der Waals surface area (Å²) in [5, 5.41) is 3.74. The Labute approximate surface area is 142 Å². The van der Waals surface area contributed by atoms with E-state index in [4.69, 9.17) is 9.47 Å². The van der Waals surface area contributed by atoms with Gasteiger partial charge in [-0.3, -0.25) is 0 Å². The van der Waals surface area contributed by atoms with Gasteiger partial charge in [0.1, 0.15) is 11.5 Å². The van der Waals surface area contributed by atoms with Gasteiger partial charge in [-0.2, -0.15) is 0 Å². The molecule has 2 atom stereocenters. The number of nitrogens with one attached hydrogen (secondary N) is 1. The van der Waals surface area contributed by atoms with Gasteiger partial charge in [-0.05, 0) is 36.9 Å². The van der Waals surface area contributed by atoms with E-state index in [1.165, 1.54) is 16.0 Å². The van der Waals surface area contributed by atoms with E-state index in [9.17, 15) is 0 Å². The average Bonchev–Trinajstić information content (AvgIpc) is 2.61. The maximum absolute atomic E-state index is 5.75. The number of thioether (sulfide) groups is 1. The molecule has 3 nitrogen and oxygen atoms in total. The predicted molar refractivity (Wildman–Crippen MR) is 95.6 cm³/mol. The Morgan fingerprint density at radius 2 is 2.09 bits per heavy atom. The summed E-state index contributed by atoms with van der Waals surface area (Å²) in [6.07, 6.45) is 3.06. The molecule has 0 saturated carbocycles. The molecule has 0 saturated heterocycles. The van der Waals surface area contributed by atoms with Gasteiger partial charge in [0.25, 0.3) is 0 Å². The van der Waals surface area contributed by atoms with Crippen molar-refractivity contribution in [2.45, 2.75) is 30.3 Å². The van der Waals surface area contributed by atoms with Gasteiger partial charge < -0.3 is 14.8 Å². The van der Waals surface area contributed by atoms with Crippen LogP contribution in [0, 0.1) is 0 Å². The van der Waals surface area contributed by atoms with E-state index in [1.54, 1.807) is 18.9 Å². The molecule has 1 aliphatic rings. The lowest BCUT2D eigenvalue weighted by Gasteiger charge is -2.29. The monoisotopic (exact) mass is 329 g/mol. The average molecular weight is 329 g/mol. The number of ether oxygens (including phenoxy) is 2. The number of fused-ring (bicyclic) bond motifs is 1. The molecule has 122 valence electrons. The number of rotatable bonds is 5. The smallest absolute Gasteiger partial charge is 0.132 e. The Balaban J connectivity index is 1.79. The molecule has 0 bridgehead atoms. The van der Waals surface area contributed by atoms with E-state index in [0.29, 0.717) is 6.04 Å². The number of methoxy groups -OCH3 is 1. The van der Waals surface area contributed by atoms with Crippen LogP contribution in [-0.4, -0.2) is 20.0 Å². The lowest BCUT2D eigenvalue weighted by Crippen LogP contribution is -2.29. The zero-order valence-corrected chi connectivity index (χ0v) is 14.7. The fourth-order valence-corrected chi connectivity index (χ4v) is 3.58. The number of para-hydroxylation sites is 1. The van der Waals surface area contributed by atoms with E-state index in [0.717, 1.165) is 24.5 Å². The van der Waals surface area contributed by atoms with Gasteiger partial charge in [0.2, 0.25) is 0 Å². The van der Waals surface area contributed by atoms with Crippen molar-refractivity contribution in [1.29, 1.82) is 0 Å². The number of hydrogen-bond donors (Lipinski definition) is 1. The molecular weight excluding hydrogens is 306 g/mol. The minimum Gasteiger partial charge on any atom is -0.496 e. The Hall–Kier alpha value is -1.65. The molecule has 3 rings (SSSR count). The molecule has 1 aliphatic heterocycles. The van der Waals surface area contributed by atoms with E-state index in [-0.39, 0.29) is 6.04 Å². The van der Waals surface area contributed by atoms with E-state index >= 15 is 0 Å². The number of hydrogen-bond acceptors (Lipinski definition) is 4. The van der Waals surface area contributed by atoms with Gasteiger partial charge in [-0.15, -0.1) is 11.8 Å². The predicted octanol–water partition coefficient (Wildman–Crippen LogP) is 4.59. The minimum atomic E-state index is 0.246. The van der Waals surface area contributed by atoms with Crippen LogP contribution in [0.2, 0.25) is 0 Å². The van der Waals surface area contributed by atoms with Gasteiger partial charge in [0, 0.05) is 29.0 Å². The van der Waals surface area contributed by atoms with Gasteiger partial charge in [-0.1, -0.05) is 24.3 Å². The highest BCUT2D eigenvalue weighted by Gasteiger charge is 2.23. The molecule has 1 heterocycles. The molecule has 2 aromatic carbocycles. The first kappa shape index (κ1) is 16.2. The minimum absolute atomic E-state index is 0.246. The molecule has 0 unspecified atom stereocenters. The lowest BCUT2D eigenvalue weighted by atomic mass is 9.98. The van der Waals surface area contributed by atoms with Crippen LogP contribution in [0.1, 0.15) is 36.6 Å². The molecule has 0 aliphatic carbocycles. The Morgan fingerprint density at radius 3 is 2.87 bits per heavy atom. The summed E-state index contributed by atoms with van der Waals surface area (Å²) in [4.78, 5) is 1.17. The van der Waals surface area contributed by atoms with E-state index in [2.05, 4.69) is 48.8 Å². The lowest BCUT2D eigenvalue weighted by molar-refractivity contribution is 0.246. The summed E-state index contributed by atoms with van der Waals surface area (Å²) in [5.41, 5.74) is 2.49. The fraction of sp³-hybridized carbons (Fsp3) is 0.368. The van der Waals surface area contributed by atoms with E-state index < -0.39 is 0 Å². The second-order valence-corrected chi connectivity index (χ2v) is 6.58. The van der Waals surface area contributed by atoms with Crippen molar-refractivity contribution >= 4 is 11.8 Å². The Kier molecular flexibility index (Phi) is 5.13. The normalized spacial score (nSPS) is 18.0. The second kappa shape index (κ2) is 7.28. The molecule has 4 heteroatoms. The molecule has 0 aromatic heterocycles. The molecule has 2 aromatic rings. The highest BCUT2D eigenvalue weighted by Crippen LogP contribution is 2.35.